The van der Waals surface area contributed by atoms with E-state index in [1.54, 1.807) is 6.26 Å². The lowest BCUT2D eigenvalue weighted by Gasteiger charge is -2.35. The maximum absolute atomic E-state index is 5.16. The van der Waals surface area contributed by atoms with Gasteiger partial charge in [-0.25, -0.2) is 0 Å². The lowest BCUT2D eigenvalue weighted by atomic mass is 9.95. The summed E-state index contributed by atoms with van der Waals surface area (Å²) in [6.07, 6.45) is 6.27. The molecule has 0 spiro atoms. The Hall–Kier alpha value is -0.800. The van der Waals surface area contributed by atoms with Gasteiger partial charge in [0.1, 0.15) is 0 Å². The molecular formula is C14H24N2O. The fourth-order valence-electron chi connectivity index (χ4n) is 2.62. The van der Waals surface area contributed by atoms with Crippen molar-refractivity contribution in [3.05, 3.63) is 24.2 Å². The summed E-state index contributed by atoms with van der Waals surface area (Å²) in [4.78, 5) is 2.56. The normalized spacial score (nSPS) is 20.6. The first kappa shape index (κ1) is 12.7. The highest BCUT2D eigenvalue weighted by molar-refractivity contribution is 5.10. The van der Waals surface area contributed by atoms with Gasteiger partial charge in [0, 0.05) is 11.6 Å². The van der Waals surface area contributed by atoms with E-state index in [2.05, 4.69) is 30.1 Å². The molecule has 2 heterocycles. The van der Waals surface area contributed by atoms with Crippen LogP contribution in [0.1, 0.15) is 38.3 Å². The zero-order valence-electron chi connectivity index (χ0n) is 11.0. The average Bonchev–Trinajstić information content (AvgIpc) is 2.90. The van der Waals surface area contributed by atoms with Crippen LogP contribution in [0, 0.1) is 5.92 Å². The molecule has 3 nitrogen and oxygen atoms in total. The van der Waals surface area contributed by atoms with Gasteiger partial charge in [-0.2, -0.15) is 0 Å². The van der Waals surface area contributed by atoms with Crippen LogP contribution in [0.3, 0.4) is 0 Å². The van der Waals surface area contributed by atoms with Crippen molar-refractivity contribution in [2.75, 3.05) is 26.2 Å². The van der Waals surface area contributed by atoms with E-state index in [0.717, 1.165) is 12.5 Å². The SMILES string of the molecule is CCNCC1CCN(C(C)c2ccoc2)CC1. The van der Waals surface area contributed by atoms with Crippen LogP contribution in [0.2, 0.25) is 0 Å². The van der Waals surface area contributed by atoms with Crippen LogP contribution in [0.25, 0.3) is 0 Å². The minimum atomic E-state index is 0.494. The molecule has 96 valence electrons. The van der Waals surface area contributed by atoms with Gasteiger partial charge in [0.2, 0.25) is 0 Å². The van der Waals surface area contributed by atoms with Crippen molar-refractivity contribution in [3.8, 4) is 0 Å². The van der Waals surface area contributed by atoms with Gasteiger partial charge in [0.05, 0.1) is 12.5 Å². The molecule has 1 unspecified atom stereocenters. The van der Waals surface area contributed by atoms with E-state index in [4.69, 9.17) is 4.42 Å². The van der Waals surface area contributed by atoms with Crippen LogP contribution in [0.15, 0.2) is 23.0 Å². The maximum atomic E-state index is 5.16. The van der Waals surface area contributed by atoms with E-state index in [-0.39, 0.29) is 0 Å². The zero-order valence-corrected chi connectivity index (χ0v) is 11.0. The second-order valence-electron chi connectivity index (χ2n) is 5.02. The summed E-state index contributed by atoms with van der Waals surface area (Å²) in [6, 6.07) is 2.57. The first-order valence-electron chi connectivity index (χ1n) is 6.78. The number of hydrogen-bond acceptors (Lipinski definition) is 3. The van der Waals surface area contributed by atoms with E-state index >= 15 is 0 Å². The van der Waals surface area contributed by atoms with Gasteiger partial charge in [-0.1, -0.05) is 6.92 Å². The van der Waals surface area contributed by atoms with Crippen LogP contribution in [0.4, 0.5) is 0 Å². The number of furan rings is 1. The molecule has 1 aliphatic rings. The zero-order chi connectivity index (χ0) is 12.1. The third-order valence-electron chi connectivity index (χ3n) is 3.91. The summed E-state index contributed by atoms with van der Waals surface area (Å²) < 4.78 is 5.16. The summed E-state index contributed by atoms with van der Waals surface area (Å²) in [5.41, 5.74) is 1.30. The van der Waals surface area contributed by atoms with Crippen molar-refractivity contribution >= 4 is 0 Å². The van der Waals surface area contributed by atoms with Crippen LogP contribution in [-0.4, -0.2) is 31.1 Å². The Bertz CT molecular complexity index is 302. The lowest BCUT2D eigenvalue weighted by molar-refractivity contribution is 0.140. The average molecular weight is 236 g/mol. The standard InChI is InChI=1S/C14H24N2O/c1-3-15-10-13-4-7-16(8-5-13)12(2)14-6-9-17-11-14/h6,9,11-13,15H,3-5,7-8,10H2,1-2H3. The van der Waals surface area contributed by atoms with Gasteiger partial charge in [0.15, 0.2) is 0 Å². The second kappa shape index (κ2) is 6.22. The van der Waals surface area contributed by atoms with Gasteiger partial charge < -0.3 is 9.73 Å². The number of hydrogen-bond donors (Lipinski definition) is 1. The van der Waals surface area contributed by atoms with Crippen molar-refractivity contribution in [1.29, 1.82) is 0 Å². The van der Waals surface area contributed by atoms with Crippen LogP contribution in [-0.2, 0) is 0 Å². The van der Waals surface area contributed by atoms with Crippen molar-refractivity contribution < 1.29 is 4.42 Å². The Morgan fingerprint density at radius 2 is 2.24 bits per heavy atom. The minimum Gasteiger partial charge on any atom is -0.472 e. The fraction of sp³-hybridized carbons (Fsp3) is 0.714. The summed E-state index contributed by atoms with van der Waals surface area (Å²) in [5, 5.41) is 3.46. The Morgan fingerprint density at radius 1 is 1.47 bits per heavy atom. The van der Waals surface area contributed by atoms with Crippen molar-refractivity contribution in [3.63, 3.8) is 0 Å². The molecule has 1 atom stereocenters. The molecule has 0 radical (unpaired) electrons. The summed E-state index contributed by atoms with van der Waals surface area (Å²) >= 11 is 0. The molecule has 0 aliphatic carbocycles. The van der Waals surface area contributed by atoms with Gasteiger partial charge in [-0.05, 0) is 57.9 Å². The van der Waals surface area contributed by atoms with Gasteiger partial charge in [-0.3, -0.25) is 4.90 Å². The molecule has 0 aromatic carbocycles. The first-order chi connectivity index (χ1) is 8.31. The Labute approximate surface area is 104 Å². The van der Waals surface area contributed by atoms with E-state index in [0.29, 0.717) is 6.04 Å². The number of piperidine rings is 1. The summed E-state index contributed by atoms with van der Waals surface area (Å²) in [6.45, 7) is 9.15. The van der Waals surface area contributed by atoms with Crippen molar-refractivity contribution in [1.82, 2.24) is 10.2 Å². The molecule has 0 amide bonds. The van der Waals surface area contributed by atoms with Gasteiger partial charge in [0.25, 0.3) is 0 Å². The summed E-state index contributed by atoms with van der Waals surface area (Å²) in [7, 11) is 0. The molecular weight excluding hydrogens is 212 g/mol. The number of rotatable bonds is 5. The lowest BCUT2D eigenvalue weighted by Crippen LogP contribution is -2.38. The van der Waals surface area contributed by atoms with Gasteiger partial charge in [-0.15, -0.1) is 0 Å². The first-order valence-corrected chi connectivity index (χ1v) is 6.78. The minimum absolute atomic E-state index is 0.494. The molecule has 1 aromatic rings. The molecule has 1 fully saturated rings. The third kappa shape index (κ3) is 3.33. The topological polar surface area (TPSA) is 28.4 Å². The quantitative estimate of drug-likeness (QED) is 0.852. The van der Waals surface area contributed by atoms with Crippen molar-refractivity contribution in [2.45, 2.75) is 32.7 Å². The Morgan fingerprint density at radius 3 is 2.82 bits per heavy atom. The smallest absolute Gasteiger partial charge is 0.0950 e. The Balaban J connectivity index is 1.79. The molecule has 17 heavy (non-hydrogen) atoms. The predicted molar refractivity (Wildman–Crippen MR) is 70.0 cm³/mol. The number of likely N-dealkylation sites (tertiary alicyclic amines) is 1. The Kier molecular flexibility index (Phi) is 4.63. The fourth-order valence-corrected chi connectivity index (χ4v) is 2.62. The van der Waals surface area contributed by atoms with Crippen LogP contribution >= 0.6 is 0 Å². The van der Waals surface area contributed by atoms with E-state index in [1.165, 1.54) is 38.0 Å². The van der Waals surface area contributed by atoms with Crippen LogP contribution < -0.4 is 5.32 Å². The molecule has 1 saturated heterocycles. The number of nitrogens with zero attached hydrogens (tertiary/aromatic N) is 1. The van der Waals surface area contributed by atoms with Gasteiger partial charge >= 0.3 is 0 Å². The summed E-state index contributed by atoms with van der Waals surface area (Å²) in [5.74, 6) is 0.864. The third-order valence-corrected chi connectivity index (χ3v) is 3.91. The largest absolute Gasteiger partial charge is 0.472 e. The van der Waals surface area contributed by atoms with E-state index < -0.39 is 0 Å². The molecule has 1 aromatic heterocycles. The molecule has 0 saturated carbocycles. The van der Waals surface area contributed by atoms with E-state index in [9.17, 15) is 0 Å². The molecule has 1 aliphatic heterocycles. The molecule has 2 rings (SSSR count). The van der Waals surface area contributed by atoms with Crippen molar-refractivity contribution in [2.24, 2.45) is 5.92 Å². The predicted octanol–water partition coefficient (Wildman–Crippen LogP) is 2.66. The highest BCUT2D eigenvalue weighted by Gasteiger charge is 2.23. The highest BCUT2D eigenvalue weighted by Crippen LogP contribution is 2.26. The maximum Gasteiger partial charge on any atom is 0.0950 e. The molecule has 1 N–H and O–H groups in total. The van der Waals surface area contributed by atoms with Crippen LogP contribution in [0.5, 0.6) is 0 Å². The number of nitrogens with one attached hydrogen (secondary N) is 1. The molecule has 0 bridgehead atoms. The monoisotopic (exact) mass is 236 g/mol. The molecule has 3 heteroatoms. The second-order valence-corrected chi connectivity index (χ2v) is 5.02. The highest BCUT2D eigenvalue weighted by atomic mass is 16.3. The van der Waals surface area contributed by atoms with E-state index in [1.807, 2.05) is 6.26 Å².